The van der Waals surface area contributed by atoms with Crippen LogP contribution in [0.15, 0.2) is 24.3 Å². The van der Waals surface area contributed by atoms with Crippen LogP contribution in [0, 0.1) is 0 Å². The fourth-order valence-electron chi connectivity index (χ4n) is 1.11. The van der Waals surface area contributed by atoms with E-state index in [-0.39, 0.29) is 12.2 Å². The Bertz CT molecular complexity index is 335. The number of hydrogen-bond acceptors (Lipinski definition) is 6. The van der Waals surface area contributed by atoms with Crippen molar-refractivity contribution in [2.45, 2.75) is 12.5 Å². The van der Waals surface area contributed by atoms with E-state index < -0.39 is 17.2 Å². The van der Waals surface area contributed by atoms with Crippen LogP contribution in [0.4, 0.5) is 0 Å². The maximum absolute atomic E-state index is 10.5. The summed E-state index contributed by atoms with van der Waals surface area (Å²) >= 11 is 0. The van der Waals surface area contributed by atoms with Crippen LogP contribution in [-0.2, 0) is 11.2 Å². The van der Waals surface area contributed by atoms with Crippen LogP contribution in [0.1, 0.15) is 5.56 Å². The Morgan fingerprint density at radius 3 is 2.27 bits per heavy atom. The molecule has 0 amide bonds. The highest BCUT2D eigenvalue weighted by molar-refractivity contribution is 5.71. The minimum atomic E-state index is -1.59. The van der Waals surface area contributed by atoms with E-state index in [0.717, 1.165) is 0 Å². The van der Waals surface area contributed by atoms with Crippen LogP contribution in [-0.4, -0.2) is 32.8 Å². The molecule has 0 aromatic heterocycles. The number of hydroxylamine groups is 2. The zero-order chi connectivity index (χ0) is 11.4. The van der Waals surface area contributed by atoms with Crippen molar-refractivity contribution in [3.05, 3.63) is 29.8 Å². The summed E-state index contributed by atoms with van der Waals surface area (Å²) in [5, 5.41) is 36.3. The zero-order valence-electron chi connectivity index (χ0n) is 7.70. The van der Waals surface area contributed by atoms with Crippen LogP contribution in [0.5, 0.6) is 5.75 Å². The molecule has 15 heavy (non-hydrogen) atoms. The van der Waals surface area contributed by atoms with Gasteiger partial charge < -0.3 is 15.0 Å². The molecule has 0 aliphatic carbocycles. The van der Waals surface area contributed by atoms with Crippen LogP contribution in [0.25, 0.3) is 0 Å². The van der Waals surface area contributed by atoms with E-state index >= 15 is 0 Å². The number of phenols is 1. The van der Waals surface area contributed by atoms with Crippen LogP contribution < -0.4 is 5.11 Å². The molecule has 0 aliphatic heterocycles. The predicted octanol–water partition coefficient (Wildman–Crippen LogP) is -0.866. The summed E-state index contributed by atoms with van der Waals surface area (Å²) in [6, 6.07) is 4.18. The Morgan fingerprint density at radius 1 is 1.33 bits per heavy atom. The summed E-state index contributed by atoms with van der Waals surface area (Å²) in [7, 11) is 0. The SMILES string of the molecule is O=C([O-])[C@H](Cc1ccc(O)cc1)N(O)O. The van der Waals surface area contributed by atoms with Gasteiger partial charge in [0.25, 0.3) is 0 Å². The molecule has 1 rings (SSSR count). The molecule has 3 N–H and O–H groups in total. The van der Waals surface area contributed by atoms with Crippen molar-refractivity contribution in [1.82, 2.24) is 5.23 Å². The van der Waals surface area contributed by atoms with E-state index in [1.54, 1.807) is 0 Å². The molecule has 0 aliphatic rings. The molecule has 1 aromatic carbocycles. The van der Waals surface area contributed by atoms with Gasteiger partial charge in [0.15, 0.2) is 0 Å². The Hall–Kier alpha value is -1.63. The van der Waals surface area contributed by atoms with Gasteiger partial charge in [-0.1, -0.05) is 17.4 Å². The van der Waals surface area contributed by atoms with Gasteiger partial charge in [0, 0.05) is 0 Å². The Labute approximate surface area is 85.5 Å². The van der Waals surface area contributed by atoms with E-state index in [1.807, 2.05) is 0 Å². The molecule has 0 spiro atoms. The summed E-state index contributed by atoms with van der Waals surface area (Å²) in [5.74, 6) is -1.54. The number of rotatable bonds is 4. The second-order valence-corrected chi connectivity index (χ2v) is 3.03. The first-order valence-electron chi connectivity index (χ1n) is 4.16. The maximum Gasteiger partial charge on any atom is 0.115 e. The number of carbonyl (C=O) groups is 1. The third-order valence-electron chi connectivity index (χ3n) is 1.92. The predicted molar refractivity (Wildman–Crippen MR) is 46.0 cm³/mol. The summed E-state index contributed by atoms with van der Waals surface area (Å²) in [4.78, 5) is 10.5. The van der Waals surface area contributed by atoms with Crippen molar-refractivity contribution in [3.63, 3.8) is 0 Å². The summed E-state index contributed by atoms with van der Waals surface area (Å²) < 4.78 is 0. The third-order valence-corrected chi connectivity index (χ3v) is 1.92. The number of nitrogens with zero attached hydrogens (tertiary/aromatic N) is 1. The monoisotopic (exact) mass is 212 g/mol. The number of carbonyl (C=O) groups excluding carboxylic acids is 1. The summed E-state index contributed by atoms with van der Waals surface area (Å²) in [6.07, 6.45) is -0.129. The van der Waals surface area contributed by atoms with Crippen molar-refractivity contribution in [2.24, 2.45) is 0 Å². The first kappa shape index (κ1) is 11.4. The molecule has 0 heterocycles. The molecule has 0 radical (unpaired) electrons. The van der Waals surface area contributed by atoms with E-state index in [1.165, 1.54) is 24.3 Å². The van der Waals surface area contributed by atoms with Gasteiger partial charge in [-0.2, -0.15) is 0 Å². The maximum atomic E-state index is 10.5. The molecule has 6 heteroatoms. The number of aliphatic carboxylic acids is 1. The molecule has 1 atom stereocenters. The minimum absolute atomic E-state index is 0.0496. The first-order valence-corrected chi connectivity index (χ1v) is 4.16. The number of carboxylic acid groups (broad SMARTS) is 1. The number of benzene rings is 1. The number of aromatic hydroxyl groups is 1. The number of carboxylic acids is 1. The molecule has 0 bridgehead atoms. The largest absolute Gasteiger partial charge is 0.548 e. The van der Waals surface area contributed by atoms with E-state index in [0.29, 0.717) is 5.56 Å². The molecule has 0 saturated heterocycles. The molecule has 0 unspecified atom stereocenters. The molecular weight excluding hydrogens is 202 g/mol. The molecule has 6 nitrogen and oxygen atoms in total. The Morgan fingerprint density at radius 2 is 1.87 bits per heavy atom. The highest BCUT2D eigenvalue weighted by Crippen LogP contribution is 2.12. The van der Waals surface area contributed by atoms with Gasteiger partial charge in [0.2, 0.25) is 0 Å². The average Bonchev–Trinajstić information content (AvgIpc) is 2.15. The van der Waals surface area contributed by atoms with E-state index in [4.69, 9.17) is 15.5 Å². The molecule has 0 fully saturated rings. The van der Waals surface area contributed by atoms with Crippen molar-refractivity contribution >= 4 is 5.97 Å². The Balaban J connectivity index is 2.74. The first-order chi connectivity index (χ1) is 7.00. The molecule has 82 valence electrons. The number of hydrogen-bond donors (Lipinski definition) is 3. The van der Waals surface area contributed by atoms with Gasteiger partial charge in [0.1, 0.15) is 11.8 Å². The average molecular weight is 212 g/mol. The van der Waals surface area contributed by atoms with Gasteiger partial charge in [-0.15, -0.1) is 0 Å². The van der Waals surface area contributed by atoms with Crippen LogP contribution >= 0.6 is 0 Å². The lowest BCUT2D eigenvalue weighted by molar-refractivity contribution is -0.363. The van der Waals surface area contributed by atoms with E-state index in [2.05, 4.69) is 0 Å². The van der Waals surface area contributed by atoms with E-state index in [9.17, 15) is 9.90 Å². The van der Waals surface area contributed by atoms with Gasteiger partial charge >= 0.3 is 0 Å². The molecule has 1 aromatic rings. The lowest BCUT2D eigenvalue weighted by Gasteiger charge is -2.21. The zero-order valence-corrected chi connectivity index (χ0v) is 7.70. The van der Waals surface area contributed by atoms with Crippen molar-refractivity contribution < 1.29 is 25.4 Å². The highest BCUT2D eigenvalue weighted by atomic mass is 16.8. The standard InChI is InChI=1S/C9H11NO5/c11-7-3-1-6(2-4-7)5-8(9(12)13)10(14)15/h1-4,8,11,14-15H,5H2,(H,12,13)/p-1/t8-/m0/s1. The van der Waals surface area contributed by atoms with Crippen molar-refractivity contribution in [2.75, 3.05) is 0 Å². The lowest BCUT2D eigenvalue weighted by atomic mass is 10.1. The van der Waals surface area contributed by atoms with Gasteiger partial charge in [-0.25, -0.2) is 0 Å². The van der Waals surface area contributed by atoms with Crippen LogP contribution in [0.3, 0.4) is 0 Å². The second kappa shape index (κ2) is 4.74. The third kappa shape index (κ3) is 3.21. The van der Waals surface area contributed by atoms with Gasteiger partial charge in [0.05, 0.1) is 5.97 Å². The normalized spacial score (nSPS) is 12.7. The highest BCUT2D eigenvalue weighted by Gasteiger charge is 2.16. The molecular formula is C9H10NO5-. The fraction of sp³-hybridized carbons (Fsp3) is 0.222. The quantitative estimate of drug-likeness (QED) is 0.560. The second-order valence-electron chi connectivity index (χ2n) is 3.03. The summed E-state index contributed by atoms with van der Waals surface area (Å²) in [5.41, 5.74) is 0.537. The molecule has 0 saturated carbocycles. The smallest absolute Gasteiger partial charge is 0.115 e. The fourth-order valence-corrected chi connectivity index (χ4v) is 1.11. The Kier molecular flexibility index (Phi) is 3.62. The lowest BCUT2D eigenvalue weighted by Crippen LogP contribution is -2.46. The van der Waals surface area contributed by atoms with Gasteiger partial charge in [-0.05, 0) is 24.1 Å². The van der Waals surface area contributed by atoms with Crippen molar-refractivity contribution in [1.29, 1.82) is 0 Å². The van der Waals surface area contributed by atoms with Crippen LogP contribution in [0.2, 0.25) is 0 Å². The topological polar surface area (TPSA) is 104 Å². The summed E-state index contributed by atoms with van der Waals surface area (Å²) in [6.45, 7) is 0. The minimum Gasteiger partial charge on any atom is -0.548 e. The van der Waals surface area contributed by atoms with Crippen molar-refractivity contribution in [3.8, 4) is 5.75 Å². The number of phenolic OH excluding ortho intramolecular Hbond substituents is 1. The van der Waals surface area contributed by atoms with Gasteiger partial charge in [-0.3, -0.25) is 10.4 Å².